The van der Waals surface area contributed by atoms with E-state index in [1.54, 1.807) is 0 Å². The average molecular weight is 430 g/mol. The molecule has 0 saturated carbocycles. The molecule has 82 valence electrons. The van der Waals surface area contributed by atoms with Gasteiger partial charge in [0.2, 0.25) is 5.91 Å². The van der Waals surface area contributed by atoms with Crippen LogP contribution in [0.1, 0.15) is 5.56 Å². The topological polar surface area (TPSA) is 41.1 Å². The van der Waals surface area contributed by atoms with Gasteiger partial charge < -0.3 is 5.32 Å². The van der Waals surface area contributed by atoms with E-state index in [4.69, 9.17) is 0 Å². The van der Waals surface area contributed by atoms with Crippen molar-refractivity contribution < 1.29 is 4.79 Å². The molecule has 0 aliphatic rings. The number of rotatable bonds is 5. The van der Waals surface area contributed by atoms with Crippen LogP contribution in [0.15, 0.2) is 24.3 Å². The lowest BCUT2D eigenvalue weighted by Crippen LogP contribution is -2.30. The van der Waals surface area contributed by atoms with Crippen LogP contribution in [0.5, 0.6) is 0 Å². The Morgan fingerprint density at radius 2 is 1.87 bits per heavy atom. The first-order valence-electron chi connectivity index (χ1n) is 4.57. The van der Waals surface area contributed by atoms with Crippen molar-refractivity contribution in [2.45, 2.75) is 6.42 Å². The van der Waals surface area contributed by atoms with Crippen LogP contribution in [-0.2, 0) is 11.2 Å². The fraction of sp³-hybridized carbons (Fsp3) is 0.300. The molecule has 0 spiro atoms. The van der Waals surface area contributed by atoms with Gasteiger partial charge in [0, 0.05) is 39.5 Å². The Labute approximate surface area is 117 Å². The molecule has 0 atom stereocenters. The summed E-state index contributed by atoms with van der Waals surface area (Å²) < 4.78 is 4.13. The summed E-state index contributed by atoms with van der Waals surface area (Å²) in [6.45, 7) is 1.46. The predicted molar refractivity (Wildman–Crippen MR) is 77.9 cm³/mol. The Morgan fingerprint density at radius 1 is 1.20 bits per heavy atom. The van der Waals surface area contributed by atoms with Gasteiger partial charge in [-0.15, -0.1) is 0 Å². The maximum Gasteiger partial charge on any atom is 0.224 e. The highest BCUT2D eigenvalue weighted by Gasteiger charge is 2.01. The molecule has 0 unspecified atom stereocenters. The Kier molecular flexibility index (Phi) is 6.50. The van der Waals surface area contributed by atoms with Crippen molar-refractivity contribution in [3.63, 3.8) is 0 Å². The van der Waals surface area contributed by atoms with Crippen LogP contribution in [0, 0.1) is 3.57 Å². The largest absolute Gasteiger partial charge is 0.355 e. The van der Waals surface area contributed by atoms with Crippen molar-refractivity contribution in [2.75, 3.05) is 13.1 Å². The third kappa shape index (κ3) is 5.67. The molecule has 1 amide bonds. The Hall–Kier alpha value is 0.110. The summed E-state index contributed by atoms with van der Waals surface area (Å²) in [5, 5.41) is 2.84. The van der Waals surface area contributed by atoms with Crippen molar-refractivity contribution >= 4 is 51.4 Å². The lowest BCUT2D eigenvalue weighted by atomic mass is 10.1. The van der Waals surface area contributed by atoms with E-state index >= 15 is 0 Å². The summed E-state index contributed by atoms with van der Waals surface area (Å²) in [7, 11) is 0. The number of hydrogen-bond donors (Lipinski definition) is 2. The molecule has 1 aromatic carbocycles. The van der Waals surface area contributed by atoms with E-state index in [0.29, 0.717) is 13.0 Å². The number of nitrogens with one attached hydrogen (secondary N) is 2. The standard InChI is InChI=1S/C10H12I2N2O/c11-9-3-1-8(2-4-9)7-10(15)13-5-6-14-12/h1-4,14H,5-7H2,(H,13,15). The lowest BCUT2D eigenvalue weighted by molar-refractivity contribution is -0.120. The fourth-order valence-corrected chi connectivity index (χ4v) is 1.73. The van der Waals surface area contributed by atoms with Gasteiger partial charge in [-0.25, -0.2) is 0 Å². The minimum atomic E-state index is 0.0721. The number of halogens is 2. The molecule has 0 fully saturated rings. The zero-order valence-electron chi connectivity index (χ0n) is 8.09. The van der Waals surface area contributed by atoms with Crippen molar-refractivity contribution in [1.82, 2.24) is 8.85 Å². The molecule has 0 saturated heterocycles. The lowest BCUT2D eigenvalue weighted by Gasteiger charge is -2.04. The molecule has 1 aromatic rings. The van der Waals surface area contributed by atoms with E-state index in [-0.39, 0.29) is 5.91 Å². The summed E-state index contributed by atoms with van der Waals surface area (Å²) in [5.41, 5.74) is 1.05. The van der Waals surface area contributed by atoms with Crippen molar-refractivity contribution in [2.24, 2.45) is 0 Å². The summed E-state index contributed by atoms with van der Waals surface area (Å²) in [6.07, 6.45) is 0.457. The van der Waals surface area contributed by atoms with E-state index < -0.39 is 0 Å². The third-order valence-electron chi connectivity index (χ3n) is 1.82. The minimum absolute atomic E-state index is 0.0721. The van der Waals surface area contributed by atoms with Gasteiger partial charge in [0.1, 0.15) is 0 Å². The van der Waals surface area contributed by atoms with Gasteiger partial charge in [0.15, 0.2) is 0 Å². The Morgan fingerprint density at radius 3 is 2.47 bits per heavy atom. The number of benzene rings is 1. The SMILES string of the molecule is O=C(Cc1ccc(I)cc1)NCCNI. The van der Waals surface area contributed by atoms with Gasteiger partial charge in [0.25, 0.3) is 0 Å². The number of amides is 1. The normalized spacial score (nSPS) is 10.0. The smallest absolute Gasteiger partial charge is 0.224 e. The molecule has 0 bridgehead atoms. The van der Waals surface area contributed by atoms with Crippen LogP contribution in [0.25, 0.3) is 0 Å². The summed E-state index contributed by atoms with van der Waals surface area (Å²) in [5.74, 6) is 0.0721. The quantitative estimate of drug-likeness (QED) is 0.426. The first-order valence-corrected chi connectivity index (χ1v) is 6.73. The van der Waals surface area contributed by atoms with Crippen molar-refractivity contribution in [3.05, 3.63) is 33.4 Å². The maximum atomic E-state index is 11.4. The molecule has 0 aliphatic heterocycles. The predicted octanol–water partition coefficient (Wildman–Crippen LogP) is 1.89. The maximum absolute atomic E-state index is 11.4. The first-order chi connectivity index (χ1) is 7.22. The molecule has 0 aromatic heterocycles. The van der Waals surface area contributed by atoms with Crippen LogP contribution in [-0.4, -0.2) is 19.0 Å². The van der Waals surface area contributed by atoms with E-state index in [1.165, 1.54) is 3.57 Å². The van der Waals surface area contributed by atoms with Gasteiger partial charge in [0.05, 0.1) is 6.42 Å². The van der Waals surface area contributed by atoms with E-state index in [9.17, 15) is 4.79 Å². The molecule has 2 N–H and O–H groups in total. The molecular formula is C10H12I2N2O. The first kappa shape index (κ1) is 13.2. The van der Waals surface area contributed by atoms with E-state index in [1.807, 2.05) is 24.3 Å². The van der Waals surface area contributed by atoms with Crippen LogP contribution >= 0.6 is 45.5 Å². The number of hydrogen-bond acceptors (Lipinski definition) is 2. The van der Waals surface area contributed by atoms with Crippen molar-refractivity contribution in [3.8, 4) is 0 Å². The third-order valence-corrected chi connectivity index (χ3v) is 3.08. The molecule has 0 heterocycles. The fourth-order valence-electron chi connectivity index (χ4n) is 1.10. The van der Waals surface area contributed by atoms with Gasteiger partial charge >= 0.3 is 0 Å². The van der Waals surface area contributed by atoms with Crippen LogP contribution in [0.4, 0.5) is 0 Å². The molecule has 0 aliphatic carbocycles. The highest BCUT2D eigenvalue weighted by molar-refractivity contribution is 14.1. The van der Waals surface area contributed by atoms with E-state index in [2.05, 4.69) is 54.3 Å². The van der Waals surface area contributed by atoms with Gasteiger partial charge in [-0.1, -0.05) is 12.1 Å². The zero-order chi connectivity index (χ0) is 11.1. The minimum Gasteiger partial charge on any atom is -0.355 e. The molecule has 3 nitrogen and oxygen atoms in total. The van der Waals surface area contributed by atoms with Gasteiger partial charge in [-0.05, 0) is 40.3 Å². The highest BCUT2D eigenvalue weighted by atomic mass is 127. The second-order valence-electron chi connectivity index (χ2n) is 3.04. The molecule has 5 heteroatoms. The Bertz CT molecular complexity index is 314. The average Bonchev–Trinajstić information content (AvgIpc) is 2.22. The summed E-state index contributed by atoms with van der Waals surface area (Å²) >= 11 is 4.31. The summed E-state index contributed by atoms with van der Waals surface area (Å²) in [6, 6.07) is 7.99. The van der Waals surface area contributed by atoms with Gasteiger partial charge in [-0.2, -0.15) is 0 Å². The van der Waals surface area contributed by atoms with Gasteiger partial charge in [-0.3, -0.25) is 8.32 Å². The second kappa shape index (κ2) is 7.39. The monoisotopic (exact) mass is 430 g/mol. The molecule has 0 radical (unpaired) electrons. The van der Waals surface area contributed by atoms with E-state index in [0.717, 1.165) is 12.1 Å². The molecule has 15 heavy (non-hydrogen) atoms. The number of carbonyl (C=O) groups excluding carboxylic acids is 1. The highest BCUT2D eigenvalue weighted by Crippen LogP contribution is 2.06. The van der Waals surface area contributed by atoms with Crippen LogP contribution < -0.4 is 8.85 Å². The summed E-state index contributed by atoms with van der Waals surface area (Å²) in [4.78, 5) is 11.4. The van der Waals surface area contributed by atoms with Crippen molar-refractivity contribution in [1.29, 1.82) is 0 Å². The molecule has 1 rings (SSSR count). The second-order valence-corrected chi connectivity index (χ2v) is 5.05. The number of carbonyl (C=O) groups is 1. The molecular weight excluding hydrogens is 418 g/mol. The van der Waals surface area contributed by atoms with Crippen LogP contribution in [0.2, 0.25) is 0 Å². The zero-order valence-corrected chi connectivity index (χ0v) is 12.4. The van der Waals surface area contributed by atoms with Crippen LogP contribution in [0.3, 0.4) is 0 Å². The Balaban J connectivity index is 2.34.